The fraction of sp³-hybridized carbons (Fsp3) is 0.750. The first-order valence-corrected chi connectivity index (χ1v) is 4.14. The first kappa shape index (κ1) is 12.9. The third kappa shape index (κ3) is 5.50. The molecule has 0 rings (SSSR count). The van der Waals surface area contributed by atoms with Crippen molar-refractivity contribution >= 4 is 11.9 Å². The van der Waals surface area contributed by atoms with Gasteiger partial charge in [0, 0.05) is 13.5 Å². The second-order valence-electron chi connectivity index (χ2n) is 2.57. The van der Waals surface area contributed by atoms with E-state index in [1.54, 1.807) is 0 Å². The molecule has 0 aliphatic carbocycles. The predicted molar refractivity (Wildman–Crippen MR) is 45.7 cm³/mol. The summed E-state index contributed by atoms with van der Waals surface area (Å²) in [5, 5.41) is 17.0. The molecule has 1 unspecified atom stereocenters. The van der Waals surface area contributed by atoms with Crippen molar-refractivity contribution in [3.63, 3.8) is 0 Å². The fourth-order valence-corrected chi connectivity index (χ4v) is 0.767. The fourth-order valence-electron chi connectivity index (χ4n) is 0.767. The lowest BCUT2D eigenvalue weighted by Crippen LogP contribution is -2.28. The number of carbonyl (C=O) groups excluding carboxylic acids is 1. The van der Waals surface area contributed by atoms with Crippen molar-refractivity contribution in [2.75, 3.05) is 20.3 Å². The Morgan fingerprint density at radius 3 is 2.50 bits per heavy atom. The summed E-state index contributed by atoms with van der Waals surface area (Å²) < 4.78 is 9.24. The Labute approximate surface area is 81.4 Å². The molecular formula is C8H14O6. The Balaban J connectivity index is 3.95. The third-order valence-electron chi connectivity index (χ3n) is 1.45. The number of esters is 1. The quantitative estimate of drug-likeness (QED) is 0.540. The van der Waals surface area contributed by atoms with Gasteiger partial charge >= 0.3 is 11.9 Å². The Morgan fingerprint density at radius 2 is 2.07 bits per heavy atom. The molecule has 6 nitrogen and oxygen atoms in total. The lowest BCUT2D eigenvalue weighted by Gasteiger charge is -2.12. The lowest BCUT2D eigenvalue weighted by molar-refractivity contribution is -0.165. The highest BCUT2D eigenvalue weighted by Gasteiger charge is 2.21. The van der Waals surface area contributed by atoms with Gasteiger partial charge in [0.2, 0.25) is 6.10 Å². The Bertz CT molecular complexity index is 190. The highest BCUT2D eigenvalue weighted by molar-refractivity contribution is 5.77. The number of hydrogen-bond donors (Lipinski definition) is 2. The molecule has 0 aliphatic heterocycles. The average molecular weight is 206 g/mol. The maximum absolute atomic E-state index is 10.8. The van der Waals surface area contributed by atoms with E-state index in [9.17, 15) is 9.59 Å². The van der Waals surface area contributed by atoms with E-state index in [0.29, 0.717) is 0 Å². The molecule has 2 N–H and O–H groups in total. The number of ether oxygens (including phenoxy) is 2. The van der Waals surface area contributed by atoms with Crippen LogP contribution in [0.25, 0.3) is 0 Å². The molecule has 0 aromatic carbocycles. The van der Waals surface area contributed by atoms with Crippen LogP contribution in [-0.2, 0) is 19.1 Å². The van der Waals surface area contributed by atoms with Crippen LogP contribution in [0.1, 0.15) is 12.8 Å². The maximum Gasteiger partial charge on any atom is 0.345 e. The van der Waals surface area contributed by atoms with Gasteiger partial charge in [0.05, 0.1) is 19.6 Å². The first-order chi connectivity index (χ1) is 6.61. The number of rotatable bonds is 7. The summed E-state index contributed by atoms with van der Waals surface area (Å²) >= 11 is 0. The van der Waals surface area contributed by atoms with Crippen LogP contribution in [0.2, 0.25) is 0 Å². The van der Waals surface area contributed by atoms with Crippen molar-refractivity contribution in [1.29, 1.82) is 0 Å². The predicted octanol–water partition coefficient (Wildman–Crippen LogP) is -0.598. The van der Waals surface area contributed by atoms with Crippen molar-refractivity contribution in [3.05, 3.63) is 0 Å². The number of aliphatic hydroxyl groups is 1. The lowest BCUT2D eigenvalue weighted by atomic mass is 10.2. The van der Waals surface area contributed by atoms with Crippen LogP contribution in [0.15, 0.2) is 0 Å². The van der Waals surface area contributed by atoms with Crippen molar-refractivity contribution in [2.45, 2.75) is 18.9 Å². The molecule has 0 radical (unpaired) electrons. The van der Waals surface area contributed by atoms with Gasteiger partial charge in [-0.2, -0.15) is 0 Å². The molecule has 0 heterocycles. The van der Waals surface area contributed by atoms with Crippen LogP contribution in [0, 0.1) is 0 Å². The SMILES string of the molecule is COCCC(OC(=O)CCO)C(=O)O. The van der Waals surface area contributed by atoms with E-state index in [1.165, 1.54) is 7.11 Å². The summed E-state index contributed by atoms with van der Waals surface area (Å²) in [5.74, 6) is -1.94. The van der Waals surface area contributed by atoms with Crippen LogP contribution in [0.3, 0.4) is 0 Å². The second kappa shape index (κ2) is 7.28. The van der Waals surface area contributed by atoms with Crippen LogP contribution in [0.4, 0.5) is 0 Å². The molecule has 0 aromatic rings. The van der Waals surface area contributed by atoms with Gasteiger partial charge in [0.1, 0.15) is 0 Å². The molecule has 0 spiro atoms. The second-order valence-corrected chi connectivity index (χ2v) is 2.57. The highest BCUT2D eigenvalue weighted by atomic mass is 16.6. The Kier molecular flexibility index (Phi) is 6.69. The minimum atomic E-state index is -1.21. The Morgan fingerprint density at radius 1 is 1.43 bits per heavy atom. The summed E-state index contributed by atoms with van der Waals surface area (Å²) in [5.41, 5.74) is 0. The molecule has 0 saturated carbocycles. The number of methoxy groups -OCH3 is 1. The zero-order chi connectivity index (χ0) is 11.0. The van der Waals surface area contributed by atoms with Gasteiger partial charge in [-0.15, -0.1) is 0 Å². The number of carboxylic acid groups (broad SMARTS) is 1. The first-order valence-electron chi connectivity index (χ1n) is 4.14. The van der Waals surface area contributed by atoms with E-state index in [1.807, 2.05) is 0 Å². The van der Waals surface area contributed by atoms with Crippen molar-refractivity contribution < 1.29 is 29.3 Å². The van der Waals surface area contributed by atoms with E-state index in [4.69, 9.17) is 10.2 Å². The van der Waals surface area contributed by atoms with Crippen LogP contribution >= 0.6 is 0 Å². The monoisotopic (exact) mass is 206 g/mol. The molecule has 6 heteroatoms. The minimum Gasteiger partial charge on any atom is -0.479 e. The maximum atomic E-state index is 10.8. The summed E-state index contributed by atoms with van der Waals surface area (Å²) in [6.45, 7) is -0.154. The van der Waals surface area contributed by atoms with E-state index < -0.39 is 18.0 Å². The van der Waals surface area contributed by atoms with Crippen molar-refractivity contribution in [2.24, 2.45) is 0 Å². The smallest absolute Gasteiger partial charge is 0.345 e. The molecule has 82 valence electrons. The van der Waals surface area contributed by atoms with E-state index in [2.05, 4.69) is 9.47 Å². The molecule has 0 fully saturated rings. The zero-order valence-corrected chi connectivity index (χ0v) is 7.93. The topological polar surface area (TPSA) is 93.1 Å². The molecule has 1 atom stereocenters. The number of carboxylic acids is 1. The number of hydrogen-bond acceptors (Lipinski definition) is 5. The number of aliphatic carboxylic acids is 1. The van der Waals surface area contributed by atoms with Gasteiger partial charge in [-0.05, 0) is 0 Å². The van der Waals surface area contributed by atoms with E-state index in [0.717, 1.165) is 0 Å². The summed E-state index contributed by atoms with van der Waals surface area (Å²) in [6.07, 6.45) is -1.30. The molecule has 0 aromatic heterocycles. The van der Waals surface area contributed by atoms with Crippen LogP contribution in [-0.4, -0.2) is 48.6 Å². The van der Waals surface area contributed by atoms with E-state index >= 15 is 0 Å². The van der Waals surface area contributed by atoms with Gasteiger partial charge in [0.15, 0.2) is 0 Å². The van der Waals surface area contributed by atoms with Gasteiger partial charge in [-0.25, -0.2) is 4.79 Å². The van der Waals surface area contributed by atoms with Gasteiger partial charge in [-0.1, -0.05) is 0 Å². The van der Waals surface area contributed by atoms with Crippen molar-refractivity contribution in [1.82, 2.24) is 0 Å². The van der Waals surface area contributed by atoms with Crippen LogP contribution < -0.4 is 0 Å². The van der Waals surface area contributed by atoms with Gasteiger partial charge < -0.3 is 19.7 Å². The largest absolute Gasteiger partial charge is 0.479 e. The molecular weight excluding hydrogens is 192 g/mol. The highest BCUT2D eigenvalue weighted by Crippen LogP contribution is 2.01. The summed E-state index contributed by atoms with van der Waals surface area (Å²) in [4.78, 5) is 21.4. The average Bonchev–Trinajstić information content (AvgIpc) is 2.12. The van der Waals surface area contributed by atoms with Gasteiger partial charge in [0.25, 0.3) is 0 Å². The molecule has 0 saturated heterocycles. The van der Waals surface area contributed by atoms with Crippen LogP contribution in [0.5, 0.6) is 0 Å². The molecule has 0 aliphatic rings. The van der Waals surface area contributed by atoms with Crippen molar-refractivity contribution in [3.8, 4) is 0 Å². The Hall–Kier alpha value is -1.14. The third-order valence-corrected chi connectivity index (χ3v) is 1.45. The molecule has 14 heavy (non-hydrogen) atoms. The number of carbonyl (C=O) groups is 2. The summed E-state index contributed by atoms with van der Waals surface area (Å²) in [7, 11) is 1.43. The minimum absolute atomic E-state index is 0.100. The van der Waals surface area contributed by atoms with E-state index in [-0.39, 0.29) is 26.1 Å². The zero-order valence-electron chi connectivity index (χ0n) is 7.93. The normalized spacial score (nSPS) is 12.1. The molecule has 0 amide bonds. The van der Waals surface area contributed by atoms with Gasteiger partial charge in [-0.3, -0.25) is 4.79 Å². The summed E-state index contributed by atoms with van der Waals surface area (Å²) in [6, 6.07) is 0. The molecule has 0 bridgehead atoms. The standard InChI is InChI=1S/C8H14O6/c1-13-5-3-6(8(11)12)14-7(10)2-4-9/h6,9H,2-5H2,1H3,(H,11,12). The number of aliphatic hydroxyl groups excluding tert-OH is 1.